The van der Waals surface area contributed by atoms with E-state index >= 15 is 0 Å². The molecule has 0 aromatic heterocycles. The van der Waals surface area contributed by atoms with Gasteiger partial charge in [-0.15, -0.1) is 0 Å². The van der Waals surface area contributed by atoms with Crippen molar-refractivity contribution in [2.75, 3.05) is 20.3 Å². The topological polar surface area (TPSA) is 81.7 Å². The molecule has 116 valence electrons. The zero-order valence-corrected chi connectivity index (χ0v) is 13.0. The zero-order chi connectivity index (χ0) is 15.5. The van der Waals surface area contributed by atoms with Crippen LogP contribution in [0.2, 0.25) is 5.02 Å². The van der Waals surface area contributed by atoms with Crippen molar-refractivity contribution < 1.29 is 22.7 Å². The van der Waals surface area contributed by atoms with Crippen LogP contribution in [0.4, 0.5) is 0 Å². The van der Waals surface area contributed by atoms with Crippen molar-refractivity contribution >= 4 is 27.6 Å². The van der Waals surface area contributed by atoms with Gasteiger partial charge in [-0.1, -0.05) is 11.6 Å². The molecule has 2 rings (SSSR count). The molecular formula is C13H16ClNO5S. The Labute approximate surface area is 128 Å². The summed E-state index contributed by atoms with van der Waals surface area (Å²) in [7, 11) is -2.52. The third kappa shape index (κ3) is 3.94. The van der Waals surface area contributed by atoms with Crippen LogP contribution in [0.5, 0.6) is 0 Å². The minimum Gasteiger partial charge on any atom is -0.465 e. The fraction of sp³-hybridized carbons (Fsp3) is 0.462. The molecule has 0 spiro atoms. The zero-order valence-electron chi connectivity index (χ0n) is 11.5. The molecule has 1 aromatic carbocycles. The summed E-state index contributed by atoms with van der Waals surface area (Å²) in [5.41, 5.74) is 0.0131. The Bertz CT molecular complexity index is 625. The van der Waals surface area contributed by atoms with Gasteiger partial charge in [0.15, 0.2) is 0 Å². The van der Waals surface area contributed by atoms with Gasteiger partial charge in [0.25, 0.3) is 0 Å². The quantitative estimate of drug-likeness (QED) is 0.827. The van der Waals surface area contributed by atoms with Crippen LogP contribution < -0.4 is 4.72 Å². The third-order valence-electron chi connectivity index (χ3n) is 3.18. The van der Waals surface area contributed by atoms with Gasteiger partial charge in [-0.3, -0.25) is 0 Å². The predicted octanol–water partition coefficient (Wildman–Crippen LogP) is 1.58. The van der Waals surface area contributed by atoms with E-state index in [0.29, 0.717) is 6.61 Å². The molecule has 0 radical (unpaired) electrons. The minimum absolute atomic E-state index is 0.0131. The number of carbonyl (C=O) groups excluding carboxylic acids is 1. The minimum atomic E-state index is -3.73. The molecule has 0 amide bonds. The highest BCUT2D eigenvalue weighted by Crippen LogP contribution is 2.21. The molecule has 1 fully saturated rings. The molecule has 1 aliphatic heterocycles. The van der Waals surface area contributed by atoms with E-state index in [2.05, 4.69) is 9.46 Å². The Morgan fingerprint density at radius 1 is 1.52 bits per heavy atom. The summed E-state index contributed by atoms with van der Waals surface area (Å²) in [6.07, 6.45) is 1.66. The van der Waals surface area contributed by atoms with Crippen LogP contribution >= 0.6 is 11.6 Å². The van der Waals surface area contributed by atoms with E-state index in [4.69, 9.17) is 16.3 Å². The molecule has 1 saturated heterocycles. The van der Waals surface area contributed by atoms with Crippen molar-refractivity contribution in [1.82, 2.24) is 4.72 Å². The normalized spacial score (nSPS) is 18.7. The van der Waals surface area contributed by atoms with E-state index in [1.54, 1.807) is 0 Å². The molecule has 0 unspecified atom stereocenters. The second kappa shape index (κ2) is 6.74. The lowest BCUT2D eigenvalue weighted by Crippen LogP contribution is -2.31. The summed E-state index contributed by atoms with van der Waals surface area (Å²) in [6.45, 7) is 0.859. The summed E-state index contributed by atoms with van der Waals surface area (Å²) >= 11 is 5.86. The first-order chi connectivity index (χ1) is 9.94. The fourth-order valence-electron chi connectivity index (χ4n) is 2.03. The lowest BCUT2D eigenvalue weighted by molar-refractivity contribution is 0.0600. The van der Waals surface area contributed by atoms with Crippen LogP contribution in [0.1, 0.15) is 23.2 Å². The van der Waals surface area contributed by atoms with E-state index in [9.17, 15) is 13.2 Å². The van der Waals surface area contributed by atoms with Gasteiger partial charge in [0, 0.05) is 13.2 Å². The van der Waals surface area contributed by atoms with Gasteiger partial charge in [-0.2, -0.15) is 0 Å². The maximum absolute atomic E-state index is 12.2. The average molecular weight is 334 g/mol. The number of benzene rings is 1. The van der Waals surface area contributed by atoms with Crippen molar-refractivity contribution in [3.63, 3.8) is 0 Å². The number of esters is 1. The number of hydrogen-bond donors (Lipinski definition) is 1. The first-order valence-electron chi connectivity index (χ1n) is 6.43. The SMILES string of the molecule is COC(=O)c1cc(S(=O)(=O)NC[C@H]2CCCO2)ccc1Cl. The molecule has 8 heteroatoms. The summed E-state index contributed by atoms with van der Waals surface area (Å²) < 4.78 is 36.8. The molecule has 1 heterocycles. The Balaban J connectivity index is 2.17. The third-order valence-corrected chi connectivity index (χ3v) is 4.93. The van der Waals surface area contributed by atoms with Gasteiger partial charge in [-0.05, 0) is 31.0 Å². The standard InChI is InChI=1S/C13H16ClNO5S/c1-19-13(16)11-7-10(4-5-12(11)14)21(17,18)15-8-9-3-2-6-20-9/h4-5,7,9,15H,2-3,6,8H2,1H3/t9-/m1/s1. The van der Waals surface area contributed by atoms with Crippen LogP contribution in [-0.2, 0) is 19.5 Å². The first kappa shape index (κ1) is 16.2. The van der Waals surface area contributed by atoms with Crippen molar-refractivity contribution in [2.24, 2.45) is 0 Å². The molecule has 1 aliphatic rings. The molecule has 0 aliphatic carbocycles. The average Bonchev–Trinajstić information content (AvgIpc) is 2.98. The Kier molecular flexibility index (Phi) is 5.21. The molecule has 1 N–H and O–H groups in total. The monoisotopic (exact) mass is 333 g/mol. The first-order valence-corrected chi connectivity index (χ1v) is 8.29. The number of sulfonamides is 1. The Morgan fingerprint density at radius 3 is 2.90 bits per heavy atom. The van der Waals surface area contributed by atoms with E-state index in [-0.39, 0.29) is 28.1 Å². The summed E-state index contributed by atoms with van der Waals surface area (Å²) in [4.78, 5) is 11.5. The van der Waals surface area contributed by atoms with Gasteiger partial charge >= 0.3 is 5.97 Å². The van der Waals surface area contributed by atoms with Gasteiger partial charge in [0.2, 0.25) is 10.0 Å². The summed E-state index contributed by atoms with van der Waals surface area (Å²) in [6, 6.07) is 3.90. The molecule has 21 heavy (non-hydrogen) atoms. The van der Waals surface area contributed by atoms with Crippen molar-refractivity contribution in [2.45, 2.75) is 23.8 Å². The number of hydrogen-bond acceptors (Lipinski definition) is 5. The molecular weight excluding hydrogens is 318 g/mol. The molecule has 0 bridgehead atoms. The summed E-state index contributed by atoms with van der Waals surface area (Å²) in [5, 5.41) is 0.139. The lowest BCUT2D eigenvalue weighted by atomic mass is 10.2. The highest BCUT2D eigenvalue weighted by Gasteiger charge is 2.22. The molecule has 1 atom stereocenters. The van der Waals surface area contributed by atoms with Crippen LogP contribution in [0.3, 0.4) is 0 Å². The maximum atomic E-state index is 12.2. The maximum Gasteiger partial charge on any atom is 0.339 e. The number of nitrogens with one attached hydrogen (secondary N) is 1. The van der Waals surface area contributed by atoms with Gasteiger partial charge in [-0.25, -0.2) is 17.9 Å². The van der Waals surface area contributed by atoms with Crippen molar-refractivity contribution in [3.05, 3.63) is 28.8 Å². The van der Waals surface area contributed by atoms with Crippen LogP contribution in [-0.4, -0.2) is 40.8 Å². The highest BCUT2D eigenvalue weighted by atomic mass is 35.5. The van der Waals surface area contributed by atoms with E-state index in [1.807, 2.05) is 0 Å². The predicted molar refractivity (Wildman–Crippen MR) is 77.0 cm³/mol. The van der Waals surface area contributed by atoms with Gasteiger partial charge in [0.05, 0.1) is 28.7 Å². The highest BCUT2D eigenvalue weighted by molar-refractivity contribution is 7.89. The number of rotatable bonds is 5. The van der Waals surface area contributed by atoms with Crippen molar-refractivity contribution in [1.29, 1.82) is 0 Å². The Morgan fingerprint density at radius 2 is 2.29 bits per heavy atom. The number of halogens is 1. The Hall–Kier alpha value is -1.15. The van der Waals surface area contributed by atoms with E-state index in [1.165, 1.54) is 25.3 Å². The van der Waals surface area contributed by atoms with Crippen molar-refractivity contribution in [3.8, 4) is 0 Å². The van der Waals surface area contributed by atoms with Crippen LogP contribution in [0, 0.1) is 0 Å². The lowest BCUT2D eigenvalue weighted by Gasteiger charge is -2.12. The number of carbonyl (C=O) groups is 1. The van der Waals surface area contributed by atoms with Crippen LogP contribution in [0.15, 0.2) is 23.1 Å². The van der Waals surface area contributed by atoms with E-state index in [0.717, 1.165) is 12.8 Å². The number of methoxy groups -OCH3 is 1. The van der Waals surface area contributed by atoms with Gasteiger partial charge < -0.3 is 9.47 Å². The largest absolute Gasteiger partial charge is 0.465 e. The molecule has 6 nitrogen and oxygen atoms in total. The summed E-state index contributed by atoms with van der Waals surface area (Å²) in [5.74, 6) is -0.684. The molecule has 0 saturated carbocycles. The smallest absolute Gasteiger partial charge is 0.339 e. The van der Waals surface area contributed by atoms with Crippen LogP contribution in [0.25, 0.3) is 0 Å². The molecule has 1 aromatic rings. The second-order valence-electron chi connectivity index (χ2n) is 4.62. The van der Waals surface area contributed by atoms with Gasteiger partial charge in [0.1, 0.15) is 0 Å². The second-order valence-corrected chi connectivity index (χ2v) is 6.79. The fourth-order valence-corrected chi connectivity index (χ4v) is 3.32. The van der Waals surface area contributed by atoms with E-state index < -0.39 is 16.0 Å². The number of ether oxygens (including phenoxy) is 2.